The van der Waals surface area contributed by atoms with Gasteiger partial charge in [0, 0.05) is 5.92 Å². The number of nitrogens with zero attached hydrogens (tertiary/aromatic N) is 1. The summed E-state index contributed by atoms with van der Waals surface area (Å²) >= 11 is 5.91. The Kier molecular flexibility index (Phi) is 3.41. The number of hydrogen-bond donors (Lipinski definition) is 0. The van der Waals surface area contributed by atoms with Crippen LogP contribution in [0, 0.1) is 11.8 Å². The first-order valence-corrected chi connectivity index (χ1v) is 7.40. The van der Waals surface area contributed by atoms with Crippen LogP contribution in [0.15, 0.2) is 10.8 Å². The van der Waals surface area contributed by atoms with E-state index in [0.717, 1.165) is 23.3 Å². The molecule has 2 nitrogen and oxygen atoms in total. The summed E-state index contributed by atoms with van der Waals surface area (Å²) in [4.78, 5) is 4.22. The van der Waals surface area contributed by atoms with E-state index in [2.05, 4.69) is 4.98 Å². The zero-order valence-corrected chi connectivity index (χ0v) is 11.0. The lowest BCUT2D eigenvalue weighted by molar-refractivity contribution is 0.147. The number of fused-ring (bicyclic) bond motifs is 1. The molecule has 1 aromatic rings. The molecule has 3 rings (SSSR count). The molecule has 0 amide bonds. The van der Waals surface area contributed by atoms with Crippen molar-refractivity contribution in [3.05, 3.63) is 17.8 Å². The Bertz CT molecular complexity index is 376. The number of aromatic nitrogens is 1. The highest BCUT2D eigenvalue weighted by molar-refractivity contribution is 6.16. The van der Waals surface area contributed by atoms with Crippen LogP contribution in [-0.4, -0.2) is 4.98 Å². The summed E-state index contributed by atoms with van der Waals surface area (Å²) in [6.45, 7) is 0. The number of hydrogen-bond acceptors (Lipinski definition) is 2. The number of halogens is 1. The quantitative estimate of drug-likeness (QED) is 0.726. The molecule has 3 unspecified atom stereocenters. The zero-order chi connectivity index (χ0) is 11.7. The Morgan fingerprint density at radius 1 is 1.18 bits per heavy atom. The highest BCUT2D eigenvalue weighted by Gasteiger charge is 2.34. The largest absolute Gasteiger partial charge is 0.448 e. The lowest BCUT2D eigenvalue weighted by Gasteiger charge is -2.38. The van der Waals surface area contributed by atoms with E-state index in [1.165, 1.54) is 44.9 Å². The molecule has 0 N–H and O–H groups in total. The smallest absolute Gasteiger partial charge is 0.181 e. The van der Waals surface area contributed by atoms with Crippen LogP contribution in [-0.2, 0) is 5.88 Å². The van der Waals surface area contributed by atoms with E-state index in [4.69, 9.17) is 16.0 Å². The average molecular weight is 254 g/mol. The summed E-state index contributed by atoms with van der Waals surface area (Å²) in [5.41, 5.74) is 0.964. The molecule has 1 aromatic heterocycles. The minimum Gasteiger partial charge on any atom is -0.448 e. The van der Waals surface area contributed by atoms with Gasteiger partial charge in [0.25, 0.3) is 0 Å². The van der Waals surface area contributed by atoms with Crippen molar-refractivity contribution in [2.75, 3.05) is 0 Å². The van der Waals surface area contributed by atoms with Crippen LogP contribution in [0.2, 0.25) is 0 Å². The molecule has 0 aromatic carbocycles. The predicted molar refractivity (Wildman–Crippen MR) is 68.1 cm³/mol. The zero-order valence-electron chi connectivity index (χ0n) is 10.2. The normalized spacial score (nSPS) is 33.4. The summed E-state index contributed by atoms with van der Waals surface area (Å²) in [6, 6.07) is 0. The van der Waals surface area contributed by atoms with Gasteiger partial charge in [0.2, 0.25) is 0 Å². The number of oxazole rings is 1. The minimum atomic E-state index is 0.483. The van der Waals surface area contributed by atoms with E-state index in [1.54, 1.807) is 6.39 Å². The fraction of sp³-hybridized carbons (Fsp3) is 0.786. The molecule has 0 radical (unpaired) electrons. The Morgan fingerprint density at radius 2 is 2.00 bits per heavy atom. The van der Waals surface area contributed by atoms with Gasteiger partial charge in [-0.05, 0) is 31.1 Å². The summed E-state index contributed by atoms with van der Waals surface area (Å²) in [5, 5.41) is 0. The summed E-state index contributed by atoms with van der Waals surface area (Å²) in [7, 11) is 0. The fourth-order valence-electron chi connectivity index (χ4n) is 3.82. The van der Waals surface area contributed by atoms with Crippen LogP contribution in [0.25, 0.3) is 0 Å². The van der Waals surface area contributed by atoms with Crippen LogP contribution in [0.1, 0.15) is 62.3 Å². The molecule has 2 aliphatic carbocycles. The first-order valence-electron chi connectivity index (χ1n) is 6.86. The molecule has 0 saturated heterocycles. The third-order valence-corrected chi connectivity index (χ3v) is 4.96. The SMILES string of the molecule is ClCc1ncoc1C1CCC2CCCCC2C1. The van der Waals surface area contributed by atoms with Gasteiger partial charge in [-0.3, -0.25) is 0 Å². The second kappa shape index (κ2) is 5.01. The van der Waals surface area contributed by atoms with Crippen LogP contribution in [0.4, 0.5) is 0 Å². The third-order valence-electron chi connectivity index (χ3n) is 4.71. The van der Waals surface area contributed by atoms with Crippen molar-refractivity contribution in [1.29, 1.82) is 0 Å². The molecule has 0 spiro atoms. The molecule has 1 heterocycles. The fourth-order valence-corrected chi connectivity index (χ4v) is 4.02. The number of rotatable bonds is 2. The van der Waals surface area contributed by atoms with Crippen LogP contribution < -0.4 is 0 Å². The van der Waals surface area contributed by atoms with Gasteiger partial charge in [0.05, 0.1) is 11.6 Å². The molecule has 3 heteroatoms. The van der Waals surface area contributed by atoms with Crippen molar-refractivity contribution < 1.29 is 4.42 Å². The summed E-state index contributed by atoms with van der Waals surface area (Å²) in [6.07, 6.45) is 11.2. The first kappa shape index (κ1) is 11.6. The predicted octanol–water partition coefficient (Wildman–Crippen LogP) is 4.49. The second-order valence-electron chi connectivity index (χ2n) is 5.61. The lowest BCUT2D eigenvalue weighted by atomic mass is 9.67. The van der Waals surface area contributed by atoms with Gasteiger partial charge >= 0.3 is 0 Å². The molecule has 2 fully saturated rings. The first-order chi connectivity index (χ1) is 8.38. The average Bonchev–Trinajstić information content (AvgIpc) is 2.86. The van der Waals surface area contributed by atoms with Gasteiger partial charge in [-0.2, -0.15) is 0 Å². The van der Waals surface area contributed by atoms with E-state index >= 15 is 0 Å². The second-order valence-corrected chi connectivity index (χ2v) is 5.88. The van der Waals surface area contributed by atoms with E-state index in [0.29, 0.717) is 11.8 Å². The van der Waals surface area contributed by atoms with Crippen molar-refractivity contribution in [1.82, 2.24) is 4.98 Å². The molecular formula is C14H20ClNO. The van der Waals surface area contributed by atoms with Gasteiger partial charge in [-0.1, -0.05) is 25.7 Å². The maximum absolute atomic E-state index is 5.91. The van der Waals surface area contributed by atoms with Crippen LogP contribution in [0.5, 0.6) is 0 Å². The summed E-state index contributed by atoms with van der Waals surface area (Å²) in [5.74, 6) is 4.05. The lowest BCUT2D eigenvalue weighted by Crippen LogP contribution is -2.27. The van der Waals surface area contributed by atoms with Gasteiger partial charge in [-0.25, -0.2) is 4.98 Å². The van der Waals surface area contributed by atoms with E-state index in [9.17, 15) is 0 Å². The van der Waals surface area contributed by atoms with Gasteiger partial charge < -0.3 is 4.42 Å². The van der Waals surface area contributed by atoms with E-state index in [-0.39, 0.29) is 0 Å². The highest BCUT2D eigenvalue weighted by atomic mass is 35.5. The van der Waals surface area contributed by atoms with Crippen molar-refractivity contribution in [3.8, 4) is 0 Å². The molecule has 17 heavy (non-hydrogen) atoms. The molecular weight excluding hydrogens is 234 g/mol. The standard InChI is InChI=1S/C14H20ClNO/c15-8-13-14(17-9-16-13)12-6-5-10-3-1-2-4-11(10)7-12/h9-12H,1-8H2. The van der Waals surface area contributed by atoms with Crippen molar-refractivity contribution >= 4 is 11.6 Å². The van der Waals surface area contributed by atoms with Gasteiger partial charge in [-0.15, -0.1) is 11.6 Å². The highest BCUT2D eigenvalue weighted by Crippen LogP contribution is 2.46. The topological polar surface area (TPSA) is 26.0 Å². The minimum absolute atomic E-state index is 0.483. The Balaban J connectivity index is 1.73. The van der Waals surface area contributed by atoms with E-state index < -0.39 is 0 Å². The molecule has 0 aliphatic heterocycles. The molecule has 2 saturated carbocycles. The van der Waals surface area contributed by atoms with Crippen LogP contribution in [0.3, 0.4) is 0 Å². The number of alkyl halides is 1. The van der Waals surface area contributed by atoms with E-state index in [1.807, 2.05) is 0 Å². The Morgan fingerprint density at radius 3 is 2.82 bits per heavy atom. The van der Waals surface area contributed by atoms with Gasteiger partial charge in [0.1, 0.15) is 5.76 Å². The van der Waals surface area contributed by atoms with Crippen LogP contribution >= 0.6 is 11.6 Å². The van der Waals surface area contributed by atoms with Gasteiger partial charge in [0.15, 0.2) is 6.39 Å². The van der Waals surface area contributed by atoms with Crippen molar-refractivity contribution in [3.63, 3.8) is 0 Å². The maximum Gasteiger partial charge on any atom is 0.181 e. The monoisotopic (exact) mass is 253 g/mol. The molecule has 94 valence electrons. The molecule has 2 aliphatic rings. The molecule has 3 atom stereocenters. The maximum atomic E-state index is 5.91. The Labute approximate surface area is 108 Å². The van der Waals surface area contributed by atoms with Crippen molar-refractivity contribution in [2.45, 2.75) is 56.7 Å². The molecule has 0 bridgehead atoms. The van der Waals surface area contributed by atoms with Crippen molar-refractivity contribution in [2.24, 2.45) is 11.8 Å². The Hall–Kier alpha value is -0.500. The summed E-state index contributed by atoms with van der Waals surface area (Å²) < 4.78 is 5.58. The third kappa shape index (κ3) is 2.24.